The highest BCUT2D eigenvalue weighted by Gasteiger charge is 2.09. The lowest BCUT2D eigenvalue weighted by molar-refractivity contribution is 0.210. The molecule has 0 aliphatic rings. The first-order valence-corrected chi connectivity index (χ1v) is 6.59. The molecule has 1 aromatic rings. The molecule has 1 aromatic heterocycles. The Kier molecular flexibility index (Phi) is 6.32. The second-order valence-corrected chi connectivity index (χ2v) is 5.11. The second kappa shape index (κ2) is 7.51. The van der Waals surface area contributed by atoms with Gasteiger partial charge in [0.2, 0.25) is 0 Å². The van der Waals surface area contributed by atoms with Crippen LogP contribution in [0.3, 0.4) is 0 Å². The van der Waals surface area contributed by atoms with E-state index in [0.29, 0.717) is 18.6 Å². The van der Waals surface area contributed by atoms with E-state index in [1.54, 1.807) is 0 Å². The second-order valence-electron chi connectivity index (χ2n) is 5.11. The van der Waals surface area contributed by atoms with E-state index in [1.807, 2.05) is 19.4 Å². The van der Waals surface area contributed by atoms with E-state index in [4.69, 9.17) is 5.11 Å². The minimum atomic E-state index is 0.209. The van der Waals surface area contributed by atoms with Gasteiger partial charge in [-0.15, -0.1) is 0 Å². The fourth-order valence-electron chi connectivity index (χ4n) is 2.01. The Balaban J connectivity index is 2.37. The lowest BCUT2D eigenvalue weighted by atomic mass is 10.3. The number of aliphatic hydroxyl groups excluding tert-OH is 1. The fraction of sp³-hybridized carbons (Fsp3) is 0.769. The third-order valence-corrected chi connectivity index (χ3v) is 2.98. The summed E-state index contributed by atoms with van der Waals surface area (Å²) >= 11 is 0. The Labute approximate surface area is 110 Å². The van der Waals surface area contributed by atoms with E-state index in [9.17, 15) is 0 Å². The molecule has 0 unspecified atom stereocenters. The van der Waals surface area contributed by atoms with Crippen LogP contribution in [-0.2, 0) is 6.54 Å². The molecule has 2 N–H and O–H groups in total. The molecular formula is C13H26N4O. The molecule has 0 saturated heterocycles. The molecule has 0 bridgehead atoms. The Bertz CT molecular complexity index is 337. The van der Waals surface area contributed by atoms with E-state index in [-0.39, 0.29) is 6.61 Å². The molecule has 18 heavy (non-hydrogen) atoms. The summed E-state index contributed by atoms with van der Waals surface area (Å²) in [4.78, 5) is 6.49. The van der Waals surface area contributed by atoms with Crippen molar-refractivity contribution in [3.05, 3.63) is 18.2 Å². The van der Waals surface area contributed by atoms with Crippen LogP contribution < -0.4 is 5.32 Å². The number of hydrogen-bond acceptors (Lipinski definition) is 4. The lowest BCUT2D eigenvalue weighted by Gasteiger charge is -2.21. The van der Waals surface area contributed by atoms with Crippen molar-refractivity contribution >= 4 is 0 Å². The summed E-state index contributed by atoms with van der Waals surface area (Å²) in [7, 11) is 2.02. The van der Waals surface area contributed by atoms with E-state index < -0.39 is 0 Å². The highest BCUT2D eigenvalue weighted by Crippen LogP contribution is 2.07. The van der Waals surface area contributed by atoms with Gasteiger partial charge in [-0.1, -0.05) is 0 Å². The smallest absolute Gasteiger partial charge is 0.122 e. The van der Waals surface area contributed by atoms with Crippen LogP contribution in [0.5, 0.6) is 0 Å². The average molecular weight is 254 g/mol. The summed E-state index contributed by atoms with van der Waals surface area (Å²) in [5.41, 5.74) is 0. The Morgan fingerprint density at radius 3 is 2.78 bits per heavy atom. The van der Waals surface area contributed by atoms with Crippen LogP contribution in [0.4, 0.5) is 0 Å². The molecule has 0 amide bonds. The normalized spacial score (nSPS) is 13.5. The number of nitrogens with zero attached hydrogens (tertiary/aromatic N) is 3. The molecule has 0 saturated carbocycles. The first-order valence-electron chi connectivity index (χ1n) is 6.59. The Morgan fingerprint density at radius 2 is 2.17 bits per heavy atom. The molecule has 0 spiro atoms. The van der Waals surface area contributed by atoms with E-state index in [2.05, 4.69) is 40.5 Å². The zero-order valence-electron chi connectivity index (χ0n) is 11.9. The first-order chi connectivity index (χ1) is 8.54. The number of nitrogens with one attached hydrogen (secondary N) is 1. The van der Waals surface area contributed by atoms with Gasteiger partial charge in [-0.3, -0.25) is 0 Å². The molecule has 1 rings (SSSR count). The number of likely N-dealkylation sites (N-methyl/N-ethyl adjacent to an activating group) is 1. The maximum atomic E-state index is 8.85. The van der Waals surface area contributed by atoms with Crippen LogP contribution in [0, 0.1) is 0 Å². The monoisotopic (exact) mass is 254 g/mol. The van der Waals surface area contributed by atoms with Crippen molar-refractivity contribution in [1.82, 2.24) is 19.8 Å². The summed E-state index contributed by atoms with van der Waals surface area (Å²) in [5.74, 6) is 1.07. The molecule has 0 aromatic carbocycles. The molecule has 0 aliphatic heterocycles. The van der Waals surface area contributed by atoms with Gasteiger partial charge in [-0.2, -0.15) is 0 Å². The van der Waals surface area contributed by atoms with Crippen molar-refractivity contribution in [2.24, 2.45) is 0 Å². The SMILES string of the molecule is CC(C)n1ccnc1CN[C@H](C)CN(C)CCO. The summed E-state index contributed by atoms with van der Waals surface area (Å²) in [5, 5.41) is 12.3. The van der Waals surface area contributed by atoms with Crippen molar-refractivity contribution in [3.8, 4) is 0 Å². The zero-order chi connectivity index (χ0) is 13.5. The van der Waals surface area contributed by atoms with Gasteiger partial charge in [0.1, 0.15) is 5.82 Å². The molecule has 1 heterocycles. The van der Waals surface area contributed by atoms with Gasteiger partial charge in [0.05, 0.1) is 13.2 Å². The lowest BCUT2D eigenvalue weighted by Crippen LogP contribution is -2.38. The average Bonchev–Trinajstić information content (AvgIpc) is 2.74. The molecule has 0 aliphatic carbocycles. The van der Waals surface area contributed by atoms with E-state index in [1.165, 1.54) is 0 Å². The number of rotatable bonds is 8. The van der Waals surface area contributed by atoms with Crippen LogP contribution in [0.2, 0.25) is 0 Å². The van der Waals surface area contributed by atoms with Crippen LogP contribution in [0.25, 0.3) is 0 Å². The van der Waals surface area contributed by atoms with Crippen molar-refractivity contribution in [1.29, 1.82) is 0 Å². The fourth-order valence-corrected chi connectivity index (χ4v) is 2.01. The van der Waals surface area contributed by atoms with Gasteiger partial charge < -0.3 is 19.9 Å². The Morgan fingerprint density at radius 1 is 1.44 bits per heavy atom. The summed E-state index contributed by atoms with van der Waals surface area (Å²) in [6, 6.07) is 0.815. The quantitative estimate of drug-likeness (QED) is 0.723. The highest BCUT2D eigenvalue weighted by atomic mass is 16.3. The van der Waals surface area contributed by atoms with Crippen LogP contribution >= 0.6 is 0 Å². The number of aliphatic hydroxyl groups is 1. The minimum Gasteiger partial charge on any atom is -0.395 e. The van der Waals surface area contributed by atoms with Gasteiger partial charge in [-0.25, -0.2) is 4.98 Å². The standard InChI is InChI=1S/C13H26N4O/c1-11(2)17-6-5-14-13(17)9-15-12(3)10-16(4)7-8-18/h5-6,11-12,15,18H,7-10H2,1-4H3/t12-/m1/s1. The van der Waals surface area contributed by atoms with Crippen molar-refractivity contribution in [3.63, 3.8) is 0 Å². The van der Waals surface area contributed by atoms with Gasteiger partial charge in [-0.05, 0) is 27.8 Å². The molecule has 0 fully saturated rings. The predicted molar refractivity (Wildman–Crippen MR) is 73.5 cm³/mol. The van der Waals surface area contributed by atoms with E-state index in [0.717, 1.165) is 18.9 Å². The van der Waals surface area contributed by atoms with Crippen molar-refractivity contribution in [2.75, 3.05) is 26.7 Å². The van der Waals surface area contributed by atoms with Crippen LogP contribution in [-0.4, -0.2) is 52.3 Å². The maximum absolute atomic E-state index is 8.85. The Hall–Kier alpha value is -0.910. The van der Waals surface area contributed by atoms with Crippen LogP contribution in [0.1, 0.15) is 32.6 Å². The number of imidazole rings is 1. The maximum Gasteiger partial charge on any atom is 0.122 e. The third-order valence-electron chi connectivity index (χ3n) is 2.98. The van der Waals surface area contributed by atoms with Gasteiger partial charge in [0.25, 0.3) is 0 Å². The highest BCUT2D eigenvalue weighted by molar-refractivity contribution is 4.94. The topological polar surface area (TPSA) is 53.3 Å². The molecule has 5 heteroatoms. The number of hydrogen-bond donors (Lipinski definition) is 2. The minimum absolute atomic E-state index is 0.209. The zero-order valence-corrected chi connectivity index (χ0v) is 11.9. The van der Waals surface area contributed by atoms with Gasteiger partial charge in [0.15, 0.2) is 0 Å². The summed E-state index contributed by atoms with van der Waals surface area (Å²) < 4.78 is 2.18. The van der Waals surface area contributed by atoms with Crippen LogP contribution in [0.15, 0.2) is 12.4 Å². The first kappa shape index (κ1) is 15.1. The van der Waals surface area contributed by atoms with E-state index >= 15 is 0 Å². The molecular weight excluding hydrogens is 228 g/mol. The summed E-state index contributed by atoms with van der Waals surface area (Å²) in [6.45, 7) is 9.08. The van der Waals surface area contributed by atoms with Crippen molar-refractivity contribution < 1.29 is 5.11 Å². The molecule has 104 valence electrons. The van der Waals surface area contributed by atoms with Crippen molar-refractivity contribution in [2.45, 2.75) is 39.4 Å². The van der Waals surface area contributed by atoms with Gasteiger partial charge >= 0.3 is 0 Å². The molecule has 5 nitrogen and oxygen atoms in total. The molecule has 0 radical (unpaired) electrons. The van der Waals surface area contributed by atoms with Gasteiger partial charge in [0, 0.05) is 37.6 Å². The number of aromatic nitrogens is 2. The summed E-state index contributed by atoms with van der Waals surface area (Å²) in [6.07, 6.45) is 3.86. The third kappa shape index (κ3) is 4.76. The largest absolute Gasteiger partial charge is 0.395 e. The predicted octanol–water partition coefficient (Wildman–Crippen LogP) is 0.866. The molecule has 1 atom stereocenters.